The van der Waals surface area contributed by atoms with Crippen LogP contribution in [-0.2, 0) is 17.6 Å². The Bertz CT molecular complexity index is 905. The number of carbonyl (C=O) groups excluding carboxylic acids is 1. The van der Waals surface area contributed by atoms with E-state index in [2.05, 4.69) is 21.2 Å². The van der Waals surface area contributed by atoms with Crippen molar-refractivity contribution in [1.29, 1.82) is 0 Å². The Morgan fingerprint density at radius 1 is 0.964 bits per heavy atom. The Labute approximate surface area is 176 Å². The van der Waals surface area contributed by atoms with Crippen LogP contribution < -0.4 is 24.3 Å². The minimum atomic E-state index is -0.0685. The van der Waals surface area contributed by atoms with E-state index >= 15 is 0 Å². The maximum atomic E-state index is 12.3. The number of benzene rings is 2. The first-order chi connectivity index (χ1) is 13.6. The van der Waals surface area contributed by atoms with Crippen molar-refractivity contribution in [2.24, 2.45) is 0 Å². The Kier molecular flexibility index (Phi) is 5.82. The summed E-state index contributed by atoms with van der Waals surface area (Å²) in [5, 5.41) is 3.47. The van der Waals surface area contributed by atoms with Gasteiger partial charge >= 0.3 is 0 Å². The summed E-state index contributed by atoms with van der Waals surface area (Å²) < 4.78 is 23.1. The first kappa shape index (κ1) is 19.2. The molecule has 148 valence electrons. The van der Waals surface area contributed by atoms with Crippen LogP contribution in [0, 0.1) is 0 Å². The first-order valence-corrected chi connectivity index (χ1v) is 10.2. The van der Waals surface area contributed by atoms with Crippen LogP contribution in [0.1, 0.15) is 11.1 Å². The molecule has 2 aromatic rings. The number of hydrogen-bond donors (Lipinski definition) is 1. The maximum absolute atomic E-state index is 12.3. The molecule has 0 atom stereocenters. The molecule has 2 aliphatic heterocycles. The Morgan fingerprint density at radius 3 is 2.43 bits per heavy atom. The monoisotopic (exact) mass is 467 g/mol. The lowest BCUT2D eigenvalue weighted by molar-refractivity contribution is -0.120. The summed E-state index contributed by atoms with van der Waals surface area (Å²) in [6, 6.07) is 7.44. The molecule has 6 nitrogen and oxygen atoms in total. The van der Waals surface area contributed by atoms with Crippen LogP contribution >= 0.6 is 27.5 Å². The number of hydrogen-bond acceptors (Lipinski definition) is 5. The summed E-state index contributed by atoms with van der Waals surface area (Å²) in [6.45, 7) is 2.55. The van der Waals surface area contributed by atoms with E-state index in [4.69, 9.17) is 30.5 Å². The van der Waals surface area contributed by atoms with Gasteiger partial charge in [0.15, 0.2) is 23.0 Å². The third kappa shape index (κ3) is 4.31. The van der Waals surface area contributed by atoms with Gasteiger partial charge in [0.05, 0.1) is 11.4 Å². The van der Waals surface area contributed by atoms with Crippen molar-refractivity contribution in [3.8, 4) is 23.0 Å². The first-order valence-electron chi connectivity index (χ1n) is 9.03. The fraction of sp³-hybridized carbons (Fsp3) is 0.350. The topological polar surface area (TPSA) is 66.0 Å². The number of fused-ring (bicyclic) bond motifs is 2. The summed E-state index contributed by atoms with van der Waals surface area (Å²) in [5.41, 5.74) is 1.83. The SMILES string of the molecule is O=C(Cc1cc2c(cc1Br)OCCO2)NCCc1cc(Cl)c2c(c1)OCCO2. The largest absolute Gasteiger partial charge is 0.486 e. The third-order valence-corrected chi connectivity index (χ3v) is 5.47. The highest BCUT2D eigenvalue weighted by atomic mass is 79.9. The Hall–Kier alpha value is -2.12. The molecule has 8 heteroatoms. The van der Waals surface area contributed by atoms with Crippen LogP contribution in [0.4, 0.5) is 0 Å². The predicted molar refractivity (Wildman–Crippen MR) is 108 cm³/mol. The zero-order chi connectivity index (χ0) is 19.5. The quantitative estimate of drug-likeness (QED) is 0.727. The van der Waals surface area contributed by atoms with E-state index in [9.17, 15) is 4.79 Å². The lowest BCUT2D eigenvalue weighted by Crippen LogP contribution is -2.27. The van der Waals surface area contributed by atoms with Gasteiger partial charge in [-0.25, -0.2) is 0 Å². The molecule has 0 aromatic heterocycles. The lowest BCUT2D eigenvalue weighted by atomic mass is 10.1. The molecule has 2 aliphatic rings. The minimum Gasteiger partial charge on any atom is -0.486 e. The van der Waals surface area contributed by atoms with Gasteiger partial charge in [0.1, 0.15) is 26.4 Å². The van der Waals surface area contributed by atoms with Crippen molar-refractivity contribution < 1.29 is 23.7 Å². The normalized spacial score (nSPS) is 14.5. The van der Waals surface area contributed by atoms with Crippen molar-refractivity contribution in [2.45, 2.75) is 12.8 Å². The highest BCUT2D eigenvalue weighted by molar-refractivity contribution is 9.10. The predicted octanol–water partition coefficient (Wildman–Crippen LogP) is 3.55. The van der Waals surface area contributed by atoms with Gasteiger partial charge in [-0.15, -0.1) is 0 Å². The van der Waals surface area contributed by atoms with Crippen molar-refractivity contribution in [3.63, 3.8) is 0 Å². The molecule has 0 unspecified atom stereocenters. The van der Waals surface area contributed by atoms with Gasteiger partial charge in [0.2, 0.25) is 5.91 Å². The second kappa shape index (κ2) is 8.49. The fourth-order valence-corrected chi connectivity index (χ4v) is 3.88. The number of nitrogens with one attached hydrogen (secondary N) is 1. The van der Waals surface area contributed by atoms with E-state index in [1.807, 2.05) is 24.3 Å². The molecule has 0 saturated heterocycles. The average molecular weight is 469 g/mol. The van der Waals surface area contributed by atoms with E-state index in [0.717, 1.165) is 15.6 Å². The number of carbonyl (C=O) groups is 1. The van der Waals surface area contributed by atoms with Crippen LogP contribution in [-0.4, -0.2) is 38.9 Å². The number of ether oxygens (including phenoxy) is 4. The van der Waals surface area contributed by atoms with Crippen LogP contribution in [0.5, 0.6) is 23.0 Å². The van der Waals surface area contributed by atoms with Gasteiger partial charge in [-0.3, -0.25) is 4.79 Å². The third-order valence-electron chi connectivity index (χ3n) is 4.45. The molecular weight excluding hydrogens is 450 g/mol. The average Bonchev–Trinajstić information content (AvgIpc) is 2.69. The van der Waals surface area contributed by atoms with Crippen molar-refractivity contribution in [2.75, 3.05) is 33.0 Å². The Balaban J connectivity index is 1.33. The molecule has 0 spiro atoms. The molecule has 0 saturated carbocycles. The van der Waals surface area contributed by atoms with Crippen LogP contribution in [0.15, 0.2) is 28.7 Å². The van der Waals surface area contributed by atoms with E-state index in [0.29, 0.717) is 67.4 Å². The molecule has 2 heterocycles. The lowest BCUT2D eigenvalue weighted by Gasteiger charge is -2.20. The molecule has 0 aliphatic carbocycles. The van der Waals surface area contributed by atoms with E-state index < -0.39 is 0 Å². The smallest absolute Gasteiger partial charge is 0.224 e. The van der Waals surface area contributed by atoms with Gasteiger partial charge in [0.25, 0.3) is 0 Å². The van der Waals surface area contributed by atoms with Gasteiger partial charge in [-0.2, -0.15) is 0 Å². The molecule has 1 amide bonds. The van der Waals surface area contributed by atoms with E-state index in [1.165, 1.54) is 0 Å². The molecule has 0 fully saturated rings. The zero-order valence-corrected chi connectivity index (χ0v) is 17.4. The number of amides is 1. The number of halogens is 2. The minimum absolute atomic E-state index is 0.0685. The maximum Gasteiger partial charge on any atom is 0.224 e. The van der Waals surface area contributed by atoms with E-state index in [-0.39, 0.29) is 12.3 Å². The van der Waals surface area contributed by atoms with Gasteiger partial charge in [-0.1, -0.05) is 27.5 Å². The van der Waals surface area contributed by atoms with Gasteiger partial charge in [0, 0.05) is 11.0 Å². The van der Waals surface area contributed by atoms with Crippen LogP contribution in [0.2, 0.25) is 5.02 Å². The zero-order valence-electron chi connectivity index (χ0n) is 15.1. The molecule has 4 rings (SSSR count). The summed E-state index contributed by atoms with van der Waals surface area (Å²) in [5.74, 6) is 2.53. The van der Waals surface area contributed by atoms with Gasteiger partial charge < -0.3 is 24.3 Å². The molecule has 28 heavy (non-hydrogen) atoms. The number of rotatable bonds is 5. The molecule has 2 aromatic carbocycles. The summed E-state index contributed by atoms with van der Waals surface area (Å²) in [4.78, 5) is 12.3. The highest BCUT2D eigenvalue weighted by Gasteiger charge is 2.18. The molecular formula is C20H19BrClNO5. The molecule has 1 N–H and O–H groups in total. The van der Waals surface area contributed by atoms with Crippen molar-refractivity contribution in [3.05, 3.63) is 44.9 Å². The molecule has 0 bridgehead atoms. The Morgan fingerprint density at radius 2 is 1.64 bits per heavy atom. The van der Waals surface area contributed by atoms with Crippen LogP contribution in [0.25, 0.3) is 0 Å². The van der Waals surface area contributed by atoms with Crippen molar-refractivity contribution in [1.82, 2.24) is 5.32 Å². The van der Waals surface area contributed by atoms with Crippen molar-refractivity contribution >= 4 is 33.4 Å². The summed E-state index contributed by atoms with van der Waals surface area (Å²) in [6.07, 6.45) is 0.892. The standard InChI is InChI=1S/C20H19BrClNO5/c21-14-11-17-16(25-3-4-26-17)9-13(14)10-19(24)23-2-1-12-7-15(22)20-18(8-12)27-5-6-28-20/h7-9,11H,1-6,10H2,(H,23,24). The fourth-order valence-electron chi connectivity index (χ4n) is 3.13. The van der Waals surface area contributed by atoms with Crippen LogP contribution in [0.3, 0.4) is 0 Å². The van der Waals surface area contributed by atoms with Gasteiger partial charge in [-0.05, 0) is 41.8 Å². The summed E-state index contributed by atoms with van der Waals surface area (Å²) in [7, 11) is 0. The highest BCUT2D eigenvalue weighted by Crippen LogP contribution is 2.38. The van der Waals surface area contributed by atoms with E-state index in [1.54, 1.807) is 0 Å². The summed E-state index contributed by atoms with van der Waals surface area (Å²) >= 11 is 9.75. The second-order valence-electron chi connectivity index (χ2n) is 6.47. The molecule has 0 radical (unpaired) electrons. The second-order valence-corrected chi connectivity index (χ2v) is 7.73.